The highest BCUT2D eigenvalue weighted by atomic mass is 16.5. The molecule has 1 fully saturated rings. The van der Waals surface area contributed by atoms with Gasteiger partial charge in [-0.3, -0.25) is 9.59 Å². The number of amides is 2. The van der Waals surface area contributed by atoms with Gasteiger partial charge in [0.1, 0.15) is 18.0 Å². The highest BCUT2D eigenvalue weighted by Crippen LogP contribution is 2.15. The van der Waals surface area contributed by atoms with Gasteiger partial charge in [-0.05, 0) is 19.8 Å². The molecule has 1 aromatic heterocycles. The van der Waals surface area contributed by atoms with Crippen molar-refractivity contribution in [2.75, 3.05) is 32.2 Å². The van der Waals surface area contributed by atoms with Crippen LogP contribution in [0.25, 0.3) is 0 Å². The van der Waals surface area contributed by atoms with Gasteiger partial charge in [-0.25, -0.2) is 4.68 Å². The van der Waals surface area contributed by atoms with Gasteiger partial charge in [0, 0.05) is 20.2 Å². The molecule has 0 radical (unpaired) electrons. The molecular weight excluding hydrogens is 288 g/mol. The van der Waals surface area contributed by atoms with Gasteiger partial charge in [0.2, 0.25) is 0 Å². The van der Waals surface area contributed by atoms with E-state index in [1.54, 1.807) is 4.68 Å². The van der Waals surface area contributed by atoms with Crippen LogP contribution in [0, 0.1) is 0 Å². The largest absolute Gasteiger partial charge is 0.376 e. The Hall–Kier alpha value is -1.93. The molecule has 122 valence electrons. The van der Waals surface area contributed by atoms with Gasteiger partial charge < -0.3 is 20.1 Å². The van der Waals surface area contributed by atoms with E-state index in [1.165, 1.54) is 13.2 Å². The van der Waals surface area contributed by atoms with Crippen molar-refractivity contribution in [1.29, 1.82) is 0 Å². The third-order valence-corrected chi connectivity index (χ3v) is 3.43. The molecule has 1 aliphatic rings. The van der Waals surface area contributed by atoms with Gasteiger partial charge >= 0.3 is 0 Å². The highest BCUT2D eigenvalue weighted by Gasteiger charge is 2.19. The van der Waals surface area contributed by atoms with Crippen LogP contribution in [0.3, 0.4) is 0 Å². The number of rotatable bonds is 7. The Labute approximate surface area is 129 Å². The number of carbonyl (C=O) groups excluding carboxylic acids is 2. The van der Waals surface area contributed by atoms with Crippen molar-refractivity contribution in [3.63, 3.8) is 0 Å². The standard InChI is InChI=1S/C14H22N4O4/c1-3-18-13(11(7-16-18)14(20)15-2)17-12(19)9-21-8-10-5-4-6-22-10/h7,10H,3-6,8-9H2,1-2H3,(H,15,20)(H,17,19). The lowest BCUT2D eigenvalue weighted by Crippen LogP contribution is -2.26. The average Bonchev–Trinajstić information content (AvgIpc) is 3.16. The van der Waals surface area contributed by atoms with Gasteiger partial charge in [0.15, 0.2) is 0 Å². The first-order chi connectivity index (χ1) is 10.7. The first kappa shape index (κ1) is 16.4. The van der Waals surface area contributed by atoms with Crippen LogP contribution in [-0.2, 0) is 20.8 Å². The van der Waals surface area contributed by atoms with Crippen LogP contribution in [0.15, 0.2) is 6.20 Å². The van der Waals surface area contributed by atoms with E-state index in [4.69, 9.17) is 9.47 Å². The van der Waals surface area contributed by atoms with Crippen molar-refractivity contribution >= 4 is 17.6 Å². The maximum absolute atomic E-state index is 12.0. The third-order valence-electron chi connectivity index (χ3n) is 3.43. The van der Waals surface area contributed by atoms with Crippen molar-refractivity contribution in [1.82, 2.24) is 15.1 Å². The minimum atomic E-state index is -0.321. The number of nitrogens with zero attached hydrogens (tertiary/aromatic N) is 2. The molecule has 0 saturated carbocycles. The van der Waals surface area contributed by atoms with Crippen LogP contribution in [0.4, 0.5) is 5.82 Å². The van der Waals surface area contributed by atoms with E-state index in [0.29, 0.717) is 24.5 Å². The first-order valence-corrected chi connectivity index (χ1v) is 7.42. The van der Waals surface area contributed by atoms with E-state index in [9.17, 15) is 9.59 Å². The minimum absolute atomic E-state index is 0.0791. The van der Waals surface area contributed by atoms with Crippen LogP contribution in [-0.4, -0.2) is 54.6 Å². The molecule has 1 aromatic rings. The zero-order valence-corrected chi connectivity index (χ0v) is 12.9. The second-order valence-electron chi connectivity index (χ2n) is 5.00. The number of nitrogens with one attached hydrogen (secondary N) is 2. The zero-order valence-electron chi connectivity index (χ0n) is 12.9. The van der Waals surface area contributed by atoms with E-state index in [1.807, 2.05) is 6.92 Å². The number of anilines is 1. The smallest absolute Gasteiger partial charge is 0.256 e. The van der Waals surface area contributed by atoms with E-state index in [2.05, 4.69) is 15.7 Å². The SMILES string of the molecule is CCn1ncc(C(=O)NC)c1NC(=O)COCC1CCCO1. The average molecular weight is 310 g/mol. The molecule has 2 rings (SSSR count). The van der Waals surface area contributed by atoms with E-state index in [-0.39, 0.29) is 24.5 Å². The second-order valence-corrected chi connectivity index (χ2v) is 5.00. The fourth-order valence-electron chi connectivity index (χ4n) is 2.28. The molecule has 1 unspecified atom stereocenters. The van der Waals surface area contributed by atoms with Gasteiger partial charge in [-0.1, -0.05) is 0 Å². The van der Waals surface area contributed by atoms with E-state index >= 15 is 0 Å². The first-order valence-electron chi connectivity index (χ1n) is 7.42. The Morgan fingerprint density at radius 1 is 1.55 bits per heavy atom. The number of hydrogen-bond donors (Lipinski definition) is 2. The highest BCUT2D eigenvalue weighted by molar-refractivity contribution is 6.02. The van der Waals surface area contributed by atoms with Crippen LogP contribution < -0.4 is 10.6 Å². The van der Waals surface area contributed by atoms with Gasteiger partial charge in [0.05, 0.1) is 18.9 Å². The molecule has 0 aromatic carbocycles. The molecule has 2 amide bonds. The van der Waals surface area contributed by atoms with Crippen LogP contribution in [0.1, 0.15) is 30.1 Å². The molecule has 2 heterocycles. The third kappa shape index (κ3) is 4.05. The molecule has 0 bridgehead atoms. The van der Waals surface area contributed by atoms with Crippen molar-refractivity contribution in [2.45, 2.75) is 32.4 Å². The van der Waals surface area contributed by atoms with Gasteiger partial charge in [-0.15, -0.1) is 0 Å². The molecule has 2 N–H and O–H groups in total. The Bertz CT molecular complexity index is 523. The summed E-state index contributed by atoms with van der Waals surface area (Å²) in [6, 6.07) is 0. The van der Waals surface area contributed by atoms with Gasteiger partial charge in [-0.2, -0.15) is 5.10 Å². The molecule has 1 saturated heterocycles. The van der Waals surface area contributed by atoms with Crippen molar-refractivity contribution < 1.29 is 19.1 Å². The predicted molar refractivity (Wildman–Crippen MR) is 79.7 cm³/mol. The zero-order chi connectivity index (χ0) is 15.9. The summed E-state index contributed by atoms with van der Waals surface area (Å²) >= 11 is 0. The Morgan fingerprint density at radius 3 is 3.00 bits per heavy atom. The maximum atomic E-state index is 12.0. The van der Waals surface area contributed by atoms with Crippen LogP contribution in [0.2, 0.25) is 0 Å². The summed E-state index contributed by atoms with van der Waals surface area (Å²) in [5.41, 5.74) is 0.330. The molecule has 22 heavy (non-hydrogen) atoms. The van der Waals surface area contributed by atoms with Gasteiger partial charge in [0.25, 0.3) is 11.8 Å². The fraction of sp³-hybridized carbons (Fsp3) is 0.643. The number of aromatic nitrogens is 2. The van der Waals surface area contributed by atoms with Crippen molar-refractivity contribution in [3.8, 4) is 0 Å². The molecule has 1 atom stereocenters. The quantitative estimate of drug-likeness (QED) is 0.760. The number of ether oxygens (including phenoxy) is 2. The molecule has 8 heteroatoms. The number of aryl methyl sites for hydroxylation is 1. The lowest BCUT2D eigenvalue weighted by molar-refractivity contribution is -0.121. The number of carbonyl (C=O) groups is 2. The predicted octanol–water partition coefficient (Wildman–Crippen LogP) is 0.397. The lowest BCUT2D eigenvalue weighted by Gasteiger charge is -2.11. The monoisotopic (exact) mass is 310 g/mol. The maximum Gasteiger partial charge on any atom is 0.256 e. The summed E-state index contributed by atoms with van der Waals surface area (Å²) in [7, 11) is 1.53. The fourth-order valence-corrected chi connectivity index (χ4v) is 2.28. The summed E-state index contributed by atoms with van der Waals surface area (Å²) < 4.78 is 12.3. The molecular formula is C14H22N4O4. The van der Waals surface area contributed by atoms with Crippen LogP contribution in [0.5, 0.6) is 0 Å². The number of hydrogen-bond acceptors (Lipinski definition) is 5. The summed E-state index contributed by atoms with van der Waals surface area (Å²) in [5, 5.41) is 9.29. The lowest BCUT2D eigenvalue weighted by atomic mass is 10.2. The molecule has 8 nitrogen and oxygen atoms in total. The van der Waals surface area contributed by atoms with E-state index < -0.39 is 0 Å². The topological polar surface area (TPSA) is 94.5 Å². The summed E-state index contributed by atoms with van der Waals surface area (Å²) in [5.74, 6) is -0.235. The molecule has 1 aliphatic heterocycles. The Morgan fingerprint density at radius 2 is 2.36 bits per heavy atom. The summed E-state index contributed by atoms with van der Waals surface area (Å²) in [6.07, 6.45) is 3.51. The Kier molecular flexibility index (Phi) is 5.91. The van der Waals surface area contributed by atoms with Crippen LogP contribution >= 0.6 is 0 Å². The van der Waals surface area contributed by atoms with Crippen molar-refractivity contribution in [3.05, 3.63) is 11.8 Å². The Balaban J connectivity index is 1.89. The molecule has 0 aliphatic carbocycles. The minimum Gasteiger partial charge on any atom is -0.376 e. The van der Waals surface area contributed by atoms with Crippen molar-refractivity contribution in [2.24, 2.45) is 0 Å². The summed E-state index contributed by atoms with van der Waals surface area (Å²) in [6.45, 7) is 3.50. The normalized spacial score (nSPS) is 17.5. The van der Waals surface area contributed by atoms with E-state index in [0.717, 1.165) is 19.4 Å². The summed E-state index contributed by atoms with van der Waals surface area (Å²) in [4.78, 5) is 23.7. The second kappa shape index (κ2) is 7.90. The molecule has 0 spiro atoms.